The van der Waals surface area contributed by atoms with Crippen LogP contribution >= 0.6 is 0 Å². The Kier molecular flexibility index (Phi) is 8.25. The van der Waals surface area contributed by atoms with Gasteiger partial charge in [-0.25, -0.2) is 19.2 Å². The fraction of sp³-hybridized carbons (Fsp3) is 0. The molecule has 0 aliphatic heterocycles. The molecule has 0 unspecified atom stereocenters. The summed E-state index contributed by atoms with van der Waals surface area (Å²) in [5, 5.41) is 36.8. The molecule has 0 aliphatic rings. The van der Waals surface area contributed by atoms with E-state index in [1.54, 1.807) is 0 Å². The third-order valence-electron chi connectivity index (χ3n) is 5.68. The molecule has 0 aromatic heterocycles. The number of aromatic carboxylic acids is 4. The van der Waals surface area contributed by atoms with Gasteiger partial charge in [0, 0.05) is 22.7 Å². The molecule has 0 spiro atoms. The predicted octanol–water partition coefficient (Wildman–Crippen LogP) is 3.83. The number of carboxylic acids is 4. The van der Waals surface area contributed by atoms with Crippen molar-refractivity contribution < 1.29 is 39.6 Å². The summed E-state index contributed by atoms with van der Waals surface area (Å²) < 4.78 is 0. The van der Waals surface area contributed by atoms with Gasteiger partial charge in [0.2, 0.25) is 0 Å². The number of rotatable bonds is 6. The minimum absolute atomic E-state index is 0.0581. The van der Waals surface area contributed by atoms with E-state index >= 15 is 0 Å². The molecular weight excluding hydrogens is 520 g/mol. The van der Waals surface area contributed by atoms with Crippen molar-refractivity contribution in [1.82, 2.24) is 0 Å². The first kappa shape index (κ1) is 28.5. The van der Waals surface area contributed by atoms with E-state index in [9.17, 15) is 39.6 Å². The first-order valence-corrected chi connectivity index (χ1v) is 11.3. The molecule has 40 heavy (non-hydrogen) atoms. The third-order valence-corrected chi connectivity index (χ3v) is 5.68. The Labute approximate surface area is 226 Å². The van der Waals surface area contributed by atoms with Crippen LogP contribution in [0.5, 0.6) is 0 Å². The van der Waals surface area contributed by atoms with Crippen LogP contribution in [0.1, 0.15) is 41.4 Å². The third kappa shape index (κ3) is 6.26. The Bertz CT molecular complexity index is 1420. The molecule has 4 aromatic carbocycles. The number of benzene rings is 4. The first-order valence-electron chi connectivity index (χ1n) is 11.3. The van der Waals surface area contributed by atoms with Crippen LogP contribution in [0.2, 0.25) is 0 Å². The monoisotopic (exact) mass is 544 g/mol. The lowest BCUT2D eigenvalue weighted by atomic mass is 9.94. The Balaban J connectivity index is 0.000000220. The van der Waals surface area contributed by atoms with Gasteiger partial charge in [-0.2, -0.15) is 0 Å². The fourth-order valence-corrected chi connectivity index (χ4v) is 3.89. The molecule has 0 fully saturated rings. The maximum absolute atomic E-state index is 11.3. The molecule has 204 valence electrons. The van der Waals surface area contributed by atoms with E-state index in [0.717, 1.165) is 0 Å². The van der Waals surface area contributed by atoms with Gasteiger partial charge >= 0.3 is 23.9 Å². The molecule has 12 heteroatoms. The van der Waals surface area contributed by atoms with Crippen molar-refractivity contribution in [3.63, 3.8) is 0 Å². The summed E-state index contributed by atoms with van der Waals surface area (Å²) >= 11 is 0. The van der Waals surface area contributed by atoms with E-state index in [-0.39, 0.29) is 44.5 Å². The van der Waals surface area contributed by atoms with E-state index in [0.29, 0.717) is 22.7 Å². The second-order valence-corrected chi connectivity index (χ2v) is 8.44. The second-order valence-electron chi connectivity index (χ2n) is 8.44. The van der Waals surface area contributed by atoms with Crippen LogP contribution < -0.4 is 22.9 Å². The summed E-state index contributed by atoms with van der Waals surface area (Å²) in [4.78, 5) is 45.1. The lowest BCUT2D eigenvalue weighted by Crippen LogP contribution is -2.05. The number of nitrogens with two attached hydrogens (primary N) is 4. The molecule has 0 atom stereocenters. The molecule has 12 N–H and O–H groups in total. The number of hydrogen-bond donors (Lipinski definition) is 8. The first-order chi connectivity index (χ1) is 18.8. The zero-order valence-electron chi connectivity index (χ0n) is 20.7. The molecule has 4 aromatic rings. The molecule has 0 heterocycles. The summed E-state index contributed by atoms with van der Waals surface area (Å²) in [6.07, 6.45) is 0. The van der Waals surface area contributed by atoms with Crippen molar-refractivity contribution in [3.05, 3.63) is 95.1 Å². The van der Waals surface area contributed by atoms with Gasteiger partial charge in [-0.3, -0.25) is 0 Å². The zero-order chi connectivity index (χ0) is 29.7. The van der Waals surface area contributed by atoms with Crippen LogP contribution in [-0.2, 0) is 0 Å². The van der Waals surface area contributed by atoms with E-state index in [1.165, 1.54) is 72.8 Å². The molecular formula is C28H24N4O8. The molecule has 0 saturated carbocycles. The molecule has 0 amide bonds. The molecule has 4 rings (SSSR count). The van der Waals surface area contributed by atoms with Crippen molar-refractivity contribution in [2.45, 2.75) is 0 Å². The molecule has 0 bridgehead atoms. The van der Waals surface area contributed by atoms with Gasteiger partial charge in [-0.1, -0.05) is 24.3 Å². The largest absolute Gasteiger partial charge is 0.478 e. The van der Waals surface area contributed by atoms with Crippen molar-refractivity contribution in [3.8, 4) is 22.3 Å². The number of anilines is 4. The van der Waals surface area contributed by atoms with Gasteiger partial charge in [-0.05, 0) is 70.8 Å². The summed E-state index contributed by atoms with van der Waals surface area (Å²) in [5.41, 5.74) is 24.3. The minimum Gasteiger partial charge on any atom is -0.478 e. The average Bonchev–Trinajstić information content (AvgIpc) is 2.89. The van der Waals surface area contributed by atoms with Gasteiger partial charge < -0.3 is 43.4 Å². The SMILES string of the molecule is Nc1ccc(-c2ccc(N)cc2C(=O)O)c(C(=O)O)c1.Nc1ccc(-c2ccc(N)cc2C(=O)O)c(C(=O)O)c1. The van der Waals surface area contributed by atoms with Crippen molar-refractivity contribution in [2.24, 2.45) is 0 Å². The smallest absolute Gasteiger partial charge is 0.336 e. The van der Waals surface area contributed by atoms with Gasteiger partial charge in [0.25, 0.3) is 0 Å². The highest BCUT2D eigenvalue weighted by molar-refractivity contribution is 6.04. The standard InChI is InChI=1S/2C14H12N2O4/c2*15-7-1-3-9(11(5-7)13(17)18)10-4-2-8(16)6-12(10)14(19)20/h2*1-6H,15-16H2,(H,17,18)(H,19,20). The number of carboxylic acid groups (broad SMARTS) is 4. The predicted molar refractivity (Wildman–Crippen MR) is 149 cm³/mol. The van der Waals surface area contributed by atoms with Crippen molar-refractivity contribution in [1.29, 1.82) is 0 Å². The minimum atomic E-state index is -1.18. The highest BCUT2D eigenvalue weighted by Crippen LogP contribution is 2.31. The van der Waals surface area contributed by atoms with Crippen LogP contribution in [0.25, 0.3) is 22.3 Å². The lowest BCUT2D eigenvalue weighted by molar-refractivity contribution is 0.0684. The molecule has 12 nitrogen and oxygen atoms in total. The summed E-state index contributed by atoms with van der Waals surface area (Å²) in [5.74, 6) is -4.72. The normalized spacial score (nSPS) is 10.2. The maximum Gasteiger partial charge on any atom is 0.336 e. The van der Waals surface area contributed by atoms with Crippen molar-refractivity contribution >= 4 is 46.6 Å². The fourth-order valence-electron chi connectivity index (χ4n) is 3.89. The molecule has 0 radical (unpaired) electrons. The Morgan fingerprint density at radius 2 is 0.550 bits per heavy atom. The van der Waals surface area contributed by atoms with Crippen LogP contribution in [-0.4, -0.2) is 44.3 Å². The summed E-state index contributed by atoms with van der Waals surface area (Å²) in [6, 6.07) is 17.2. The van der Waals surface area contributed by atoms with Crippen LogP contribution in [0.4, 0.5) is 22.7 Å². The van der Waals surface area contributed by atoms with Gasteiger partial charge in [0.15, 0.2) is 0 Å². The Hall–Kier alpha value is -6.04. The molecule has 0 saturated heterocycles. The van der Waals surface area contributed by atoms with Crippen molar-refractivity contribution in [2.75, 3.05) is 22.9 Å². The van der Waals surface area contributed by atoms with E-state index in [1.807, 2.05) is 0 Å². The zero-order valence-corrected chi connectivity index (χ0v) is 20.7. The van der Waals surface area contributed by atoms with Crippen LogP contribution in [0.3, 0.4) is 0 Å². The van der Waals surface area contributed by atoms with Gasteiger partial charge in [0.1, 0.15) is 0 Å². The van der Waals surface area contributed by atoms with E-state index in [2.05, 4.69) is 0 Å². The summed E-state index contributed by atoms with van der Waals surface area (Å²) in [6.45, 7) is 0. The second kappa shape index (κ2) is 11.6. The maximum atomic E-state index is 11.3. The van der Waals surface area contributed by atoms with E-state index < -0.39 is 23.9 Å². The summed E-state index contributed by atoms with van der Waals surface area (Å²) in [7, 11) is 0. The topological polar surface area (TPSA) is 253 Å². The highest BCUT2D eigenvalue weighted by atomic mass is 16.4. The van der Waals surface area contributed by atoms with Crippen LogP contribution in [0.15, 0.2) is 72.8 Å². The quantitative estimate of drug-likeness (QED) is 0.161. The van der Waals surface area contributed by atoms with Gasteiger partial charge in [0.05, 0.1) is 22.3 Å². The number of nitrogen functional groups attached to an aromatic ring is 4. The highest BCUT2D eigenvalue weighted by Gasteiger charge is 2.19. The number of carbonyl (C=O) groups is 4. The Morgan fingerprint density at radius 3 is 0.700 bits per heavy atom. The molecule has 0 aliphatic carbocycles. The van der Waals surface area contributed by atoms with Gasteiger partial charge in [-0.15, -0.1) is 0 Å². The Morgan fingerprint density at radius 1 is 0.375 bits per heavy atom. The van der Waals surface area contributed by atoms with E-state index in [4.69, 9.17) is 22.9 Å². The average molecular weight is 545 g/mol. The lowest BCUT2D eigenvalue weighted by Gasteiger charge is -2.11. The number of hydrogen-bond acceptors (Lipinski definition) is 8. The van der Waals surface area contributed by atoms with Crippen LogP contribution in [0, 0.1) is 0 Å².